The standard InChI is InChI=1S/C16H16BrFN4O/c17-13-3-1-11(9-14(13)18)16(23)21-15-4-2-12(10-20-15)22-7-5-19-6-8-22/h1-4,9-10,19H,5-8H2,(H,20,21,23). The van der Waals surface area contributed by atoms with Gasteiger partial charge < -0.3 is 15.5 Å². The highest BCUT2D eigenvalue weighted by Crippen LogP contribution is 2.18. The van der Waals surface area contributed by atoms with E-state index in [0.717, 1.165) is 31.9 Å². The molecule has 0 spiro atoms. The number of carbonyl (C=O) groups excluding carboxylic acids is 1. The molecule has 0 unspecified atom stereocenters. The first-order valence-electron chi connectivity index (χ1n) is 7.31. The number of amides is 1. The molecule has 0 radical (unpaired) electrons. The first kappa shape index (κ1) is 15.9. The minimum Gasteiger partial charge on any atom is -0.368 e. The molecule has 5 nitrogen and oxygen atoms in total. The van der Waals surface area contributed by atoms with E-state index in [1.165, 1.54) is 12.1 Å². The Labute approximate surface area is 142 Å². The van der Waals surface area contributed by atoms with Crippen molar-refractivity contribution >= 4 is 33.3 Å². The number of hydrogen-bond donors (Lipinski definition) is 2. The summed E-state index contributed by atoms with van der Waals surface area (Å²) in [7, 11) is 0. The van der Waals surface area contributed by atoms with E-state index in [2.05, 4.69) is 36.4 Å². The molecule has 1 aromatic carbocycles. The van der Waals surface area contributed by atoms with Gasteiger partial charge in [0.1, 0.15) is 11.6 Å². The number of anilines is 2. The Morgan fingerprint density at radius 1 is 1.26 bits per heavy atom. The molecule has 0 atom stereocenters. The fourth-order valence-electron chi connectivity index (χ4n) is 2.40. The summed E-state index contributed by atoms with van der Waals surface area (Å²) in [5, 5.41) is 5.97. The summed E-state index contributed by atoms with van der Waals surface area (Å²) in [5.41, 5.74) is 1.28. The van der Waals surface area contributed by atoms with Crippen molar-refractivity contribution in [3.8, 4) is 0 Å². The molecule has 1 aromatic heterocycles. The van der Waals surface area contributed by atoms with Crippen molar-refractivity contribution in [3.63, 3.8) is 0 Å². The van der Waals surface area contributed by atoms with Gasteiger partial charge in [-0.05, 0) is 46.3 Å². The number of hydrogen-bond acceptors (Lipinski definition) is 4. The number of rotatable bonds is 3. The van der Waals surface area contributed by atoms with Gasteiger partial charge in [-0.3, -0.25) is 4.79 Å². The summed E-state index contributed by atoms with van der Waals surface area (Å²) in [6, 6.07) is 7.93. The van der Waals surface area contributed by atoms with Gasteiger partial charge in [-0.2, -0.15) is 0 Å². The smallest absolute Gasteiger partial charge is 0.256 e. The maximum atomic E-state index is 13.5. The van der Waals surface area contributed by atoms with E-state index in [9.17, 15) is 9.18 Å². The molecule has 2 N–H and O–H groups in total. The molecule has 0 aliphatic carbocycles. The molecule has 1 aliphatic heterocycles. The number of carbonyl (C=O) groups is 1. The monoisotopic (exact) mass is 378 g/mol. The molecule has 7 heteroatoms. The average Bonchev–Trinajstić information content (AvgIpc) is 2.59. The molecule has 2 heterocycles. The predicted molar refractivity (Wildman–Crippen MR) is 91.4 cm³/mol. The first-order valence-corrected chi connectivity index (χ1v) is 8.11. The lowest BCUT2D eigenvalue weighted by Crippen LogP contribution is -2.43. The van der Waals surface area contributed by atoms with Crippen LogP contribution in [0.25, 0.3) is 0 Å². The van der Waals surface area contributed by atoms with E-state index in [1.54, 1.807) is 18.3 Å². The number of nitrogens with zero attached hydrogens (tertiary/aromatic N) is 2. The fourth-order valence-corrected chi connectivity index (χ4v) is 2.64. The molecule has 2 aromatic rings. The third-order valence-corrected chi connectivity index (χ3v) is 4.30. The number of piperazine rings is 1. The van der Waals surface area contributed by atoms with Gasteiger partial charge in [-0.15, -0.1) is 0 Å². The van der Waals surface area contributed by atoms with Gasteiger partial charge >= 0.3 is 0 Å². The number of benzene rings is 1. The Bertz CT molecular complexity index is 702. The lowest BCUT2D eigenvalue weighted by atomic mass is 10.2. The maximum Gasteiger partial charge on any atom is 0.256 e. The van der Waals surface area contributed by atoms with Crippen LogP contribution < -0.4 is 15.5 Å². The molecule has 0 bridgehead atoms. The van der Waals surface area contributed by atoms with Crippen LogP contribution >= 0.6 is 15.9 Å². The van der Waals surface area contributed by atoms with Crippen molar-refractivity contribution in [2.24, 2.45) is 0 Å². The summed E-state index contributed by atoms with van der Waals surface area (Å²) in [6.45, 7) is 3.78. The van der Waals surface area contributed by atoms with Crippen LogP contribution in [-0.4, -0.2) is 37.1 Å². The Hall–Kier alpha value is -1.99. The van der Waals surface area contributed by atoms with Crippen molar-refractivity contribution in [2.45, 2.75) is 0 Å². The molecular formula is C16H16BrFN4O. The Balaban J connectivity index is 1.67. The Morgan fingerprint density at radius 3 is 2.70 bits per heavy atom. The zero-order valence-corrected chi connectivity index (χ0v) is 13.9. The van der Waals surface area contributed by atoms with E-state index in [1.807, 2.05) is 6.07 Å². The highest BCUT2D eigenvalue weighted by Gasteiger charge is 2.12. The van der Waals surface area contributed by atoms with Crippen LogP contribution in [0.1, 0.15) is 10.4 Å². The van der Waals surface area contributed by atoms with Crippen LogP contribution in [-0.2, 0) is 0 Å². The molecule has 1 aliphatic rings. The lowest BCUT2D eigenvalue weighted by molar-refractivity contribution is 0.102. The molecule has 23 heavy (non-hydrogen) atoms. The van der Waals surface area contributed by atoms with Crippen LogP contribution in [0.4, 0.5) is 15.9 Å². The summed E-state index contributed by atoms with van der Waals surface area (Å²) < 4.78 is 13.8. The number of aromatic nitrogens is 1. The van der Waals surface area contributed by atoms with E-state index >= 15 is 0 Å². The minimum atomic E-state index is -0.473. The van der Waals surface area contributed by atoms with E-state index in [4.69, 9.17) is 0 Å². The van der Waals surface area contributed by atoms with Gasteiger partial charge in [0.2, 0.25) is 0 Å². The fraction of sp³-hybridized carbons (Fsp3) is 0.250. The van der Waals surface area contributed by atoms with Crippen LogP contribution in [0.5, 0.6) is 0 Å². The molecule has 1 amide bonds. The van der Waals surface area contributed by atoms with Gasteiger partial charge in [0.15, 0.2) is 0 Å². The van der Waals surface area contributed by atoms with Crippen molar-refractivity contribution in [2.75, 3.05) is 36.4 Å². The highest BCUT2D eigenvalue weighted by atomic mass is 79.9. The van der Waals surface area contributed by atoms with Crippen LogP contribution in [0.15, 0.2) is 41.0 Å². The zero-order chi connectivity index (χ0) is 16.2. The van der Waals surface area contributed by atoms with Crippen LogP contribution in [0.2, 0.25) is 0 Å². The molecule has 0 saturated carbocycles. The van der Waals surface area contributed by atoms with Crippen LogP contribution in [0.3, 0.4) is 0 Å². The average molecular weight is 379 g/mol. The number of pyridine rings is 1. The third-order valence-electron chi connectivity index (χ3n) is 3.65. The summed E-state index contributed by atoms with van der Waals surface area (Å²) in [5.74, 6) is -0.421. The largest absolute Gasteiger partial charge is 0.368 e. The summed E-state index contributed by atoms with van der Waals surface area (Å²) in [4.78, 5) is 18.6. The van der Waals surface area contributed by atoms with Crippen molar-refractivity contribution in [1.29, 1.82) is 0 Å². The summed E-state index contributed by atoms with van der Waals surface area (Å²) >= 11 is 3.06. The van der Waals surface area contributed by atoms with Crippen LogP contribution in [0, 0.1) is 5.82 Å². The molecular weight excluding hydrogens is 363 g/mol. The quantitative estimate of drug-likeness (QED) is 0.861. The molecule has 3 rings (SSSR count). The van der Waals surface area contributed by atoms with E-state index in [-0.39, 0.29) is 11.5 Å². The lowest BCUT2D eigenvalue weighted by Gasteiger charge is -2.29. The van der Waals surface area contributed by atoms with Gasteiger partial charge in [0, 0.05) is 31.7 Å². The minimum absolute atomic E-state index is 0.249. The second-order valence-corrected chi connectivity index (χ2v) is 6.08. The maximum absolute atomic E-state index is 13.5. The van der Waals surface area contributed by atoms with Gasteiger partial charge in [0.05, 0.1) is 16.4 Å². The second-order valence-electron chi connectivity index (χ2n) is 5.22. The molecule has 1 fully saturated rings. The zero-order valence-electron chi connectivity index (χ0n) is 12.4. The second kappa shape index (κ2) is 7.06. The third kappa shape index (κ3) is 3.86. The van der Waals surface area contributed by atoms with E-state index in [0.29, 0.717) is 10.3 Å². The SMILES string of the molecule is O=C(Nc1ccc(N2CCNCC2)cn1)c1ccc(Br)c(F)c1. The van der Waals surface area contributed by atoms with Gasteiger partial charge in [-0.1, -0.05) is 0 Å². The number of halogens is 2. The Morgan fingerprint density at radius 2 is 2.04 bits per heavy atom. The molecule has 1 saturated heterocycles. The Kier molecular flexibility index (Phi) is 4.88. The highest BCUT2D eigenvalue weighted by molar-refractivity contribution is 9.10. The van der Waals surface area contributed by atoms with Gasteiger partial charge in [-0.25, -0.2) is 9.37 Å². The topological polar surface area (TPSA) is 57.3 Å². The molecule has 120 valence electrons. The first-order chi connectivity index (χ1) is 11.1. The van der Waals surface area contributed by atoms with Crippen molar-refractivity contribution in [3.05, 3.63) is 52.4 Å². The summed E-state index contributed by atoms with van der Waals surface area (Å²) in [6.07, 6.45) is 1.74. The van der Waals surface area contributed by atoms with Gasteiger partial charge in [0.25, 0.3) is 5.91 Å². The predicted octanol–water partition coefficient (Wildman–Crippen LogP) is 2.65. The van der Waals surface area contributed by atoms with E-state index < -0.39 is 5.82 Å². The van der Waals surface area contributed by atoms with Crippen molar-refractivity contribution < 1.29 is 9.18 Å². The normalized spacial score (nSPS) is 14.6. The number of nitrogens with one attached hydrogen (secondary N) is 2. The van der Waals surface area contributed by atoms with Crippen molar-refractivity contribution in [1.82, 2.24) is 10.3 Å².